The van der Waals surface area contributed by atoms with Crippen molar-refractivity contribution in [3.05, 3.63) is 24.0 Å². The van der Waals surface area contributed by atoms with Crippen molar-refractivity contribution >= 4 is 11.7 Å². The quantitative estimate of drug-likeness (QED) is 0.610. The zero-order chi connectivity index (χ0) is 22.4. The Bertz CT molecular complexity index is 686. The van der Waals surface area contributed by atoms with Crippen molar-refractivity contribution in [1.29, 1.82) is 0 Å². The lowest BCUT2D eigenvalue weighted by Gasteiger charge is -2.37. The van der Waals surface area contributed by atoms with Gasteiger partial charge in [0.1, 0.15) is 11.7 Å². The zero-order valence-corrected chi connectivity index (χ0v) is 19.6. The summed E-state index contributed by atoms with van der Waals surface area (Å²) in [5, 5.41) is 3.61. The normalized spacial score (nSPS) is 28.7. The lowest BCUT2D eigenvalue weighted by Crippen LogP contribution is -2.49. The molecule has 0 aromatic carbocycles. The van der Waals surface area contributed by atoms with E-state index in [0.717, 1.165) is 64.4 Å². The Morgan fingerprint density at radius 3 is 2.61 bits per heavy atom. The molecule has 0 aromatic heterocycles. The molecule has 3 heterocycles. The lowest BCUT2D eigenvalue weighted by molar-refractivity contribution is -0.127. The summed E-state index contributed by atoms with van der Waals surface area (Å²) in [7, 11) is 3.99. The number of carbonyl (C=O) groups is 1. The first-order valence-corrected chi connectivity index (χ1v) is 11.6. The molecule has 3 aliphatic rings. The summed E-state index contributed by atoms with van der Waals surface area (Å²) in [4.78, 5) is 23.4. The third-order valence-corrected chi connectivity index (χ3v) is 6.02. The molecule has 3 N–H and O–H groups in total. The van der Waals surface area contributed by atoms with E-state index in [1.165, 1.54) is 0 Å². The first kappa shape index (κ1) is 23.8. The summed E-state index contributed by atoms with van der Waals surface area (Å²) in [5.41, 5.74) is 6.14. The number of aliphatic imine (C=N–C) groups is 1. The van der Waals surface area contributed by atoms with Crippen molar-refractivity contribution in [1.82, 2.24) is 20.0 Å². The number of nitrogens with zero attached hydrogens (tertiary/aromatic N) is 4. The van der Waals surface area contributed by atoms with Gasteiger partial charge in [-0.2, -0.15) is 0 Å². The molecule has 174 valence electrons. The van der Waals surface area contributed by atoms with E-state index >= 15 is 0 Å². The van der Waals surface area contributed by atoms with E-state index < -0.39 is 0 Å². The van der Waals surface area contributed by atoms with E-state index in [4.69, 9.17) is 10.5 Å². The number of amides is 1. The molecule has 2 fully saturated rings. The summed E-state index contributed by atoms with van der Waals surface area (Å²) in [6.07, 6.45) is 9.00. The number of amidine groups is 1. The maximum Gasteiger partial charge on any atom is 0.246 e. The van der Waals surface area contributed by atoms with Gasteiger partial charge in [0, 0.05) is 63.7 Å². The highest BCUT2D eigenvalue weighted by Gasteiger charge is 2.27. The van der Waals surface area contributed by atoms with Crippen LogP contribution in [0.4, 0.5) is 0 Å². The van der Waals surface area contributed by atoms with E-state index in [1.807, 2.05) is 30.0 Å². The van der Waals surface area contributed by atoms with Crippen molar-refractivity contribution < 1.29 is 9.53 Å². The van der Waals surface area contributed by atoms with Gasteiger partial charge in [-0.1, -0.05) is 6.08 Å². The van der Waals surface area contributed by atoms with Gasteiger partial charge >= 0.3 is 0 Å². The Balaban J connectivity index is 1.45. The van der Waals surface area contributed by atoms with Gasteiger partial charge in [-0.25, -0.2) is 4.99 Å². The van der Waals surface area contributed by atoms with Crippen LogP contribution in [0.25, 0.3) is 0 Å². The second-order valence-corrected chi connectivity index (χ2v) is 9.50. The number of nitrogens with one attached hydrogen (secondary N) is 1. The fourth-order valence-corrected chi connectivity index (χ4v) is 4.71. The number of likely N-dealkylation sites (tertiary alicyclic amines) is 1. The lowest BCUT2D eigenvalue weighted by atomic mass is 9.98. The number of rotatable bonds is 6. The second kappa shape index (κ2) is 11.1. The van der Waals surface area contributed by atoms with E-state index in [1.54, 1.807) is 6.08 Å². The average Bonchev–Trinajstić information content (AvgIpc) is 2.67. The van der Waals surface area contributed by atoms with Crippen molar-refractivity contribution in [3.8, 4) is 0 Å². The summed E-state index contributed by atoms with van der Waals surface area (Å²) < 4.78 is 5.85. The Kier molecular flexibility index (Phi) is 8.51. The van der Waals surface area contributed by atoms with E-state index in [2.05, 4.69) is 35.1 Å². The Labute approximate surface area is 187 Å². The number of nitrogens with two attached hydrogens (primary N) is 1. The van der Waals surface area contributed by atoms with Gasteiger partial charge in [0.05, 0.1) is 12.2 Å². The smallest absolute Gasteiger partial charge is 0.246 e. The molecule has 0 aromatic rings. The Morgan fingerprint density at radius 1 is 1.29 bits per heavy atom. The van der Waals surface area contributed by atoms with Crippen molar-refractivity contribution in [2.45, 2.75) is 51.4 Å². The van der Waals surface area contributed by atoms with Gasteiger partial charge in [-0.05, 0) is 46.9 Å². The highest BCUT2D eigenvalue weighted by molar-refractivity contribution is 5.88. The van der Waals surface area contributed by atoms with Crippen LogP contribution in [0.3, 0.4) is 0 Å². The summed E-state index contributed by atoms with van der Waals surface area (Å²) in [5.74, 6) is 2.05. The molecule has 0 spiro atoms. The molecule has 0 bridgehead atoms. The predicted molar refractivity (Wildman–Crippen MR) is 125 cm³/mol. The monoisotopic (exact) mass is 432 g/mol. The molecule has 0 aliphatic carbocycles. The minimum absolute atomic E-state index is 0.108. The number of morpholine rings is 1. The average molecular weight is 433 g/mol. The maximum absolute atomic E-state index is 12.3. The summed E-state index contributed by atoms with van der Waals surface area (Å²) in [6, 6.07) is 0.337. The molecule has 0 radical (unpaired) electrons. The number of hydrogen-bond donors (Lipinski definition) is 2. The van der Waals surface area contributed by atoms with Crippen LogP contribution >= 0.6 is 0 Å². The zero-order valence-electron chi connectivity index (χ0n) is 19.6. The van der Waals surface area contributed by atoms with E-state index in [-0.39, 0.29) is 18.1 Å². The van der Waals surface area contributed by atoms with Gasteiger partial charge in [0.2, 0.25) is 5.91 Å². The maximum atomic E-state index is 12.3. The van der Waals surface area contributed by atoms with E-state index in [0.29, 0.717) is 17.8 Å². The molecule has 1 unspecified atom stereocenters. The minimum Gasteiger partial charge on any atom is -0.384 e. The van der Waals surface area contributed by atoms with Crippen molar-refractivity contribution in [2.24, 2.45) is 16.6 Å². The molecule has 2 saturated heterocycles. The van der Waals surface area contributed by atoms with Gasteiger partial charge in [-0.3, -0.25) is 9.69 Å². The highest BCUT2D eigenvalue weighted by atomic mass is 16.5. The predicted octanol–water partition coefficient (Wildman–Crippen LogP) is 1.01. The fraction of sp³-hybridized carbons (Fsp3) is 0.739. The molecule has 3 aliphatic heterocycles. The van der Waals surface area contributed by atoms with E-state index in [9.17, 15) is 4.79 Å². The molecule has 3 atom stereocenters. The van der Waals surface area contributed by atoms with Gasteiger partial charge < -0.3 is 25.6 Å². The standard InChI is InChI=1S/C23H40N6O2/c1-17-14-28(15-18(2)31-17)16-19-12-21(24)26-22(13-19)25-20-7-10-29(11-8-20)23(30)6-5-9-27(3)4/h5-6,12,17-20H,7-11,13-16,24H2,1-4H3,(H,25,26)/b6-5+/t17-,18+,19?. The minimum atomic E-state index is 0.108. The Hall–Kier alpha value is -1.90. The van der Waals surface area contributed by atoms with Crippen LogP contribution in [0.2, 0.25) is 0 Å². The van der Waals surface area contributed by atoms with Crippen LogP contribution in [0, 0.1) is 5.92 Å². The van der Waals surface area contributed by atoms with Crippen LogP contribution in [0.1, 0.15) is 33.1 Å². The fourth-order valence-electron chi connectivity index (χ4n) is 4.71. The largest absolute Gasteiger partial charge is 0.384 e. The number of piperidine rings is 1. The van der Waals surface area contributed by atoms with Gasteiger partial charge in [0.25, 0.3) is 0 Å². The highest BCUT2D eigenvalue weighted by Crippen LogP contribution is 2.20. The molecule has 3 rings (SSSR count). The molecular formula is C23H40N6O2. The third-order valence-electron chi connectivity index (χ3n) is 6.02. The third kappa shape index (κ3) is 7.63. The number of ether oxygens (including phenoxy) is 1. The van der Waals surface area contributed by atoms with Crippen LogP contribution in [0.15, 0.2) is 29.0 Å². The van der Waals surface area contributed by atoms with Crippen LogP contribution in [-0.2, 0) is 9.53 Å². The summed E-state index contributed by atoms with van der Waals surface area (Å²) >= 11 is 0. The Morgan fingerprint density at radius 2 is 1.97 bits per heavy atom. The number of likely N-dealkylation sites (N-methyl/N-ethyl adjacent to an activating group) is 1. The number of carbonyl (C=O) groups excluding carboxylic acids is 1. The SMILES string of the molecule is C[C@@H]1CN(CC2C=C(N)N=C(NC3CCN(C(=O)/C=C/CN(C)C)CC3)C2)C[C@H](C)O1. The van der Waals surface area contributed by atoms with Crippen LogP contribution in [0.5, 0.6) is 0 Å². The molecular weight excluding hydrogens is 392 g/mol. The number of hydrogen-bond acceptors (Lipinski definition) is 7. The molecule has 0 saturated carbocycles. The van der Waals surface area contributed by atoms with Crippen molar-refractivity contribution in [2.75, 3.05) is 53.4 Å². The van der Waals surface area contributed by atoms with Gasteiger partial charge in [-0.15, -0.1) is 0 Å². The second-order valence-electron chi connectivity index (χ2n) is 9.50. The molecule has 1 amide bonds. The molecule has 31 heavy (non-hydrogen) atoms. The molecule has 8 heteroatoms. The van der Waals surface area contributed by atoms with Gasteiger partial charge in [0.15, 0.2) is 0 Å². The van der Waals surface area contributed by atoms with Crippen molar-refractivity contribution in [3.63, 3.8) is 0 Å². The topological polar surface area (TPSA) is 86.4 Å². The summed E-state index contributed by atoms with van der Waals surface area (Å²) in [6.45, 7) is 9.50. The van der Waals surface area contributed by atoms with Crippen LogP contribution < -0.4 is 11.1 Å². The first-order valence-electron chi connectivity index (χ1n) is 11.6. The van der Waals surface area contributed by atoms with Crippen LogP contribution in [-0.4, -0.2) is 98.1 Å². The molecule has 8 nitrogen and oxygen atoms in total. The first-order chi connectivity index (χ1) is 14.8.